The molecule has 3 rings (SSSR count). The molecule has 2 aromatic heterocycles. The van der Waals surface area contributed by atoms with Gasteiger partial charge in [0.25, 0.3) is 0 Å². The summed E-state index contributed by atoms with van der Waals surface area (Å²) in [7, 11) is 0. The first-order valence-electron chi connectivity index (χ1n) is 6.79. The van der Waals surface area contributed by atoms with E-state index in [1.165, 1.54) is 0 Å². The van der Waals surface area contributed by atoms with E-state index >= 15 is 0 Å². The zero-order chi connectivity index (χ0) is 15.9. The zero-order valence-corrected chi connectivity index (χ0v) is 13.9. The standard InChI is InChI=1S/C16H14Cl2N4/c1-9-8-10(2)22(21-9)16-15(18)14(11(3)19-20-16)12-4-6-13(17)7-5-12/h4-8H,1-3H3. The number of aromatic nitrogens is 4. The predicted octanol–water partition coefficient (Wildman–Crippen LogP) is 4.56. The minimum absolute atomic E-state index is 0.529. The maximum absolute atomic E-state index is 6.61. The molecule has 0 aliphatic rings. The molecule has 0 atom stereocenters. The molecule has 6 heteroatoms. The molecule has 0 bridgehead atoms. The van der Waals surface area contributed by atoms with Gasteiger partial charge in [0.1, 0.15) is 0 Å². The average molecular weight is 333 g/mol. The van der Waals surface area contributed by atoms with Crippen molar-refractivity contribution < 1.29 is 0 Å². The van der Waals surface area contributed by atoms with Gasteiger partial charge in [-0.15, -0.1) is 5.10 Å². The van der Waals surface area contributed by atoms with E-state index in [1.54, 1.807) is 4.68 Å². The quantitative estimate of drug-likeness (QED) is 0.690. The van der Waals surface area contributed by atoms with Gasteiger partial charge in [0.15, 0.2) is 5.82 Å². The molecule has 0 radical (unpaired) electrons. The van der Waals surface area contributed by atoms with Crippen molar-refractivity contribution in [2.24, 2.45) is 0 Å². The molecule has 22 heavy (non-hydrogen) atoms. The van der Waals surface area contributed by atoms with E-state index in [-0.39, 0.29) is 0 Å². The molecule has 2 heterocycles. The van der Waals surface area contributed by atoms with Crippen LogP contribution in [0.4, 0.5) is 0 Å². The van der Waals surface area contributed by atoms with E-state index in [9.17, 15) is 0 Å². The van der Waals surface area contributed by atoms with Crippen LogP contribution in [0.5, 0.6) is 0 Å². The van der Waals surface area contributed by atoms with Crippen molar-refractivity contribution in [2.75, 3.05) is 0 Å². The third-order valence-corrected chi connectivity index (χ3v) is 4.03. The molecule has 0 fully saturated rings. The lowest BCUT2D eigenvalue weighted by atomic mass is 10.1. The fraction of sp³-hybridized carbons (Fsp3) is 0.188. The van der Waals surface area contributed by atoms with Crippen LogP contribution in [-0.2, 0) is 0 Å². The Kier molecular flexibility index (Phi) is 3.89. The first kappa shape index (κ1) is 15.0. The molecule has 0 saturated heterocycles. The first-order valence-corrected chi connectivity index (χ1v) is 7.55. The van der Waals surface area contributed by atoms with E-state index in [0.29, 0.717) is 15.9 Å². The number of nitrogens with zero attached hydrogens (tertiary/aromatic N) is 4. The Morgan fingerprint density at radius 2 is 1.64 bits per heavy atom. The van der Waals surface area contributed by atoms with Crippen LogP contribution in [0, 0.1) is 20.8 Å². The van der Waals surface area contributed by atoms with Crippen LogP contribution >= 0.6 is 23.2 Å². The molecular weight excluding hydrogens is 319 g/mol. The fourth-order valence-corrected chi connectivity index (χ4v) is 2.91. The van der Waals surface area contributed by atoms with Gasteiger partial charge < -0.3 is 0 Å². The number of halogens is 2. The van der Waals surface area contributed by atoms with Crippen LogP contribution < -0.4 is 0 Å². The van der Waals surface area contributed by atoms with Crippen molar-refractivity contribution in [1.82, 2.24) is 20.0 Å². The second-order valence-electron chi connectivity index (χ2n) is 5.14. The molecule has 1 aromatic carbocycles. The molecular formula is C16H14Cl2N4. The minimum atomic E-state index is 0.529. The predicted molar refractivity (Wildman–Crippen MR) is 88.8 cm³/mol. The summed E-state index contributed by atoms with van der Waals surface area (Å²) in [6, 6.07) is 9.47. The Morgan fingerprint density at radius 1 is 0.955 bits per heavy atom. The van der Waals surface area contributed by atoms with Crippen molar-refractivity contribution in [3.8, 4) is 16.9 Å². The highest BCUT2D eigenvalue weighted by Crippen LogP contribution is 2.34. The van der Waals surface area contributed by atoms with E-state index in [4.69, 9.17) is 23.2 Å². The second kappa shape index (κ2) is 5.71. The van der Waals surface area contributed by atoms with E-state index < -0.39 is 0 Å². The molecule has 0 N–H and O–H groups in total. The van der Waals surface area contributed by atoms with Crippen molar-refractivity contribution in [3.63, 3.8) is 0 Å². The average Bonchev–Trinajstić information content (AvgIpc) is 2.80. The van der Waals surface area contributed by atoms with Gasteiger partial charge in [0.05, 0.1) is 16.4 Å². The van der Waals surface area contributed by atoms with Crippen LogP contribution in [0.2, 0.25) is 10.0 Å². The summed E-state index contributed by atoms with van der Waals surface area (Å²) in [6.45, 7) is 5.77. The second-order valence-corrected chi connectivity index (χ2v) is 5.96. The Balaban J connectivity index is 2.22. The summed E-state index contributed by atoms with van der Waals surface area (Å²) in [5.74, 6) is 0.530. The third kappa shape index (κ3) is 2.60. The molecule has 0 saturated carbocycles. The summed E-state index contributed by atoms with van der Waals surface area (Å²) in [5.41, 5.74) is 4.42. The maximum atomic E-state index is 6.61. The lowest BCUT2D eigenvalue weighted by Crippen LogP contribution is -2.07. The zero-order valence-electron chi connectivity index (χ0n) is 12.4. The van der Waals surface area contributed by atoms with Gasteiger partial charge in [-0.25, -0.2) is 4.68 Å². The van der Waals surface area contributed by atoms with Crippen molar-refractivity contribution in [3.05, 3.63) is 57.5 Å². The van der Waals surface area contributed by atoms with Gasteiger partial charge in [-0.2, -0.15) is 10.2 Å². The molecule has 3 aromatic rings. The molecule has 4 nitrogen and oxygen atoms in total. The van der Waals surface area contributed by atoms with Gasteiger partial charge in [-0.3, -0.25) is 0 Å². The van der Waals surface area contributed by atoms with Crippen LogP contribution in [-0.4, -0.2) is 20.0 Å². The van der Waals surface area contributed by atoms with Crippen molar-refractivity contribution in [1.29, 1.82) is 0 Å². The van der Waals surface area contributed by atoms with Crippen LogP contribution in [0.1, 0.15) is 17.1 Å². The Hall–Kier alpha value is -1.91. The SMILES string of the molecule is Cc1cc(C)n(-c2nnc(C)c(-c3ccc(Cl)cc3)c2Cl)n1. The molecule has 0 spiro atoms. The Bertz CT molecular complexity index is 838. The summed E-state index contributed by atoms with van der Waals surface area (Å²) in [6.07, 6.45) is 0. The lowest BCUT2D eigenvalue weighted by molar-refractivity contribution is 0.777. The largest absolute Gasteiger partial charge is 0.216 e. The van der Waals surface area contributed by atoms with Gasteiger partial charge in [0.2, 0.25) is 0 Å². The number of aryl methyl sites for hydroxylation is 3. The number of hydrogen-bond donors (Lipinski definition) is 0. The third-order valence-electron chi connectivity index (χ3n) is 3.42. The van der Waals surface area contributed by atoms with E-state index in [1.807, 2.05) is 51.1 Å². The highest BCUT2D eigenvalue weighted by atomic mass is 35.5. The molecule has 0 unspecified atom stereocenters. The Labute approximate surface area is 138 Å². The minimum Gasteiger partial charge on any atom is -0.216 e. The van der Waals surface area contributed by atoms with Crippen LogP contribution in [0.15, 0.2) is 30.3 Å². The summed E-state index contributed by atoms with van der Waals surface area (Å²) in [5, 5.41) is 14.1. The smallest absolute Gasteiger partial charge is 0.195 e. The highest BCUT2D eigenvalue weighted by Gasteiger charge is 2.17. The Morgan fingerprint density at radius 3 is 2.23 bits per heavy atom. The van der Waals surface area contributed by atoms with Crippen LogP contribution in [0.25, 0.3) is 16.9 Å². The van der Waals surface area contributed by atoms with Crippen molar-refractivity contribution >= 4 is 23.2 Å². The molecule has 0 aliphatic carbocycles. The van der Waals surface area contributed by atoms with Gasteiger partial charge in [0, 0.05) is 16.3 Å². The summed E-state index contributed by atoms with van der Waals surface area (Å²) in [4.78, 5) is 0. The summed E-state index contributed by atoms with van der Waals surface area (Å²) < 4.78 is 1.71. The fourth-order valence-electron chi connectivity index (χ4n) is 2.42. The normalized spacial score (nSPS) is 11.0. The molecule has 0 amide bonds. The lowest BCUT2D eigenvalue weighted by Gasteiger charge is -2.12. The number of rotatable bonds is 2. The van der Waals surface area contributed by atoms with E-state index in [2.05, 4.69) is 15.3 Å². The summed E-state index contributed by atoms with van der Waals surface area (Å²) >= 11 is 12.6. The van der Waals surface area contributed by atoms with Crippen LogP contribution in [0.3, 0.4) is 0 Å². The van der Waals surface area contributed by atoms with Gasteiger partial charge in [-0.05, 0) is 44.5 Å². The maximum Gasteiger partial charge on any atom is 0.195 e. The molecule has 0 aliphatic heterocycles. The van der Waals surface area contributed by atoms with Gasteiger partial charge >= 0.3 is 0 Å². The highest BCUT2D eigenvalue weighted by molar-refractivity contribution is 6.35. The van der Waals surface area contributed by atoms with E-state index in [0.717, 1.165) is 28.2 Å². The number of benzene rings is 1. The van der Waals surface area contributed by atoms with Crippen molar-refractivity contribution in [2.45, 2.75) is 20.8 Å². The first-order chi connectivity index (χ1) is 10.5. The number of hydrogen-bond acceptors (Lipinski definition) is 3. The van der Waals surface area contributed by atoms with Gasteiger partial charge in [-0.1, -0.05) is 35.3 Å². The topological polar surface area (TPSA) is 43.6 Å². The monoisotopic (exact) mass is 332 g/mol. The molecule has 112 valence electrons.